The number of aromatic nitrogens is 2. The van der Waals surface area contributed by atoms with Crippen molar-refractivity contribution in [3.8, 4) is 0 Å². The van der Waals surface area contributed by atoms with Crippen LogP contribution in [0.2, 0.25) is 0 Å². The van der Waals surface area contributed by atoms with Crippen molar-refractivity contribution in [2.45, 2.75) is 46.2 Å². The van der Waals surface area contributed by atoms with Gasteiger partial charge in [0.1, 0.15) is 23.5 Å². The van der Waals surface area contributed by atoms with E-state index in [9.17, 15) is 14.0 Å². The number of allylic oxidation sites excluding steroid dienone is 3. The number of aryl methyl sites for hydroxylation is 1. The fraction of sp³-hybridized carbons (Fsp3) is 0.370. The van der Waals surface area contributed by atoms with Gasteiger partial charge in [-0.2, -0.15) is 5.10 Å². The molecule has 3 aliphatic rings. The molecule has 0 bridgehead atoms. The standard InChI is InChI=1S/C27H29FN6O2/c1-16-8-17(4-5-19(16)28)12-30-23(35)20-9-21(32-15-31-20)24(36)34-22-11-25(2,3)27-10-18(13-33-29)6-7-26(22,27)14-27/h4-10,13,15,22H,11-12,14,29H2,1-3H3,(H,30,35)(H,34,36)/b33-13+. The average Bonchev–Trinajstić information content (AvgIpc) is 3.52. The van der Waals surface area contributed by atoms with Crippen molar-refractivity contribution in [2.24, 2.45) is 27.2 Å². The maximum Gasteiger partial charge on any atom is 0.270 e. The third-order valence-corrected chi connectivity index (χ3v) is 8.14. The summed E-state index contributed by atoms with van der Waals surface area (Å²) in [5.74, 6) is 4.27. The summed E-state index contributed by atoms with van der Waals surface area (Å²) in [6.45, 7) is 6.33. The maximum absolute atomic E-state index is 13.5. The summed E-state index contributed by atoms with van der Waals surface area (Å²) in [5.41, 5.74) is 2.23. The number of nitrogens with one attached hydrogen (secondary N) is 2. The molecule has 2 fully saturated rings. The molecular weight excluding hydrogens is 459 g/mol. The highest BCUT2D eigenvalue weighted by Crippen LogP contribution is 2.82. The lowest BCUT2D eigenvalue weighted by Crippen LogP contribution is -2.40. The maximum atomic E-state index is 13.5. The molecule has 1 heterocycles. The Morgan fingerprint density at radius 1 is 1.22 bits per heavy atom. The molecule has 1 aromatic heterocycles. The summed E-state index contributed by atoms with van der Waals surface area (Å²) in [6, 6.07) is 5.98. The van der Waals surface area contributed by atoms with Gasteiger partial charge in [-0.3, -0.25) is 9.59 Å². The number of rotatable bonds is 6. The first-order chi connectivity index (χ1) is 17.1. The van der Waals surface area contributed by atoms with Crippen molar-refractivity contribution in [1.82, 2.24) is 20.6 Å². The van der Waals surface area contributed by atoms with E-state index in [1.54, 1.807) is 25.3 Å². The average molecular weight is 489 g/mol. The van der Waals surface area contributed by atoms with Gasteiger partial charge in [0.2, 0.25) is 0 Å². The zero-order valence-corrected chi connectivity index (χ0v) is 20.5. The molecule has 2 amide bonds. The van der Waals surface area contributed by atoms with Crippen LogP contribution in [0.4, 0.5) is 4.39 Å². The van der Waals surface area contributed by atoms with Crippen molar-refractivity contribution in [3.63, 3.8) is 0 Å². The van der Waals surface area contributed by atoms with Gasteiger partial charge in [0.25, 0.3) is 11.8 Å². The lowest BCUT2D eigenvalue weighted by atomic mass is 9.73. The van der Waals surface area contributed by atoms with E-state index in [1.165, 1.54) is 18.5 Å². The summed E-state index contributed by atoms with van der Waals surface area (Å²) < 4.78 is 13.5. The molecule has 3 atom stereocenters. The Hall–Kier alpha value is -3.88. The normalized spacial score (nSPS) is 27.2. The topological polar surface area (TPSA) is 122 Å². The van der Waals surface area contributed by atoms with E-state index in [-0.39, 0.29) is 51.9 Å². The number of amides is 2. The second-order valence-corrected chi connectivity index (χ2v) is 10.6. The van der Waals surface area contributed by atoms with Gasteiger partial charge in [-0.25, -0.2) is 14.4 Å². The van der Waals surface area contributed by atoms with Crippen molar-refractivity contribution in [3.05, 3.63) is 82.7 Å². The molecule has 2 aromatic rings. The van der Waals surface area contributed by atoms with Crippen molar-refractivity contribution < 1.29 is 14.0 Å². The van der Waals surface area contributed by atoms with Gasteiger partial charge >= 0.3 is 0 Å². The molecule has 0 radical (unpaired) electrons. The highest BCUT2D eigenvalue weighted by atomic mass is 19.1. The third-order valence-electron chi connectivity index (χ3n) is 8.14. The van der Waals surface area contributed by atoms with Crippen LogP contribution in [-0.4, -0.2) is 34.0 Å². The Morgan fingerprint density at radius 3 is 2.69 bits per heavy atom. The van der Waals surface area contributed by atoms with Crippen LogP contribution in [0.1, 0.15) is 58.8 Å². The summed E-state index contributed by atoms with van der Waals surface area (Å²) in [7, 11) is 0. The second kappa shape index (κ2) is 8.36. The van der Waals surface area contributed by atoms with E-state index in [2.05, 4.69) is 51.7 Å². The number of nitrogens with zero attached hydrogens (tertiary/aromatic N) is 3. The molecule has 3 unspecified atom stereocenters. The largest absolute Gasteiger partial charge is 0.347 e. The highest BCUT2D eigenvalue weighted by molar-refractivity contribution is 5.97. The van der Waals surface area contributed by atoms with E-state index in [0.29, 0.717) is 5.56 Å². The van der Waals surface area contributed by atoms with E-state index in [0.717, 1.165) is 24.0 Å². The summed E-state index contributed by atoms with van der Waals surface area (Å²) in [5, 5.41) is 9.59. The molecule has 8 nitrogen and oxygen atoms in total. The van der Waals surface area contributed by atoms with Gasteiger partial charge in [0.15, 0.2) is 0 Å². The fourth-order valence-electron chi connectivity index (χ4n) is 6.15. The van der Waals surface area contributed by atoms with Crippen LogP contribution >= 0.6 is 0 Å². The minimum Gasteiger partial charge on any atom is -0.347 e. The molecule has 2 saturated carbocycles. The first kappa shape index (κ1) is 23.8. The Labute approximate surface area is 209 Å². The molecule has 36 heavy (non-hydrogen) atoms. The lowest BCUT2D eigenvalue weighted by molar-refractivity contribution is 0.0917. The summed E-state index contributed by atoms with van der Waals surface area (Å²) >= 11 is 0. The Morgan fingerprint density at radius 2 is 1.97 bits per heavy atom. The summed E-state index contributed by atoms with van der Waals surface area (Å²) in [4.78, 5) is 34.0. The Bertz CT molecular complexity index is 1350. The van der Waals surface area contributed by atoms with Crippen LogP contribution in [0.15, 0.2) is 59.5 Å². The van der Waals surface area contributed by atoms with Crippen LogP contribution < -0.4 is 16.5 Å². The van der Waals surface area contributed by atoms with Crippen molar-refractivity contribution in [2.75, 3.05) is 0 Å². The number of benzene rings is 1. The van der Waals surface area contributed by atoms with Gasteiger partial charge in [0, 0.05) is 29.5 Å². The molecule has 4 N–H and O–H groups in total. The minimum atomic E-state index is -0.440. The quantitative estimate of drug-likeness (QED) is 0.327. The van der Waals surface area contributed by atoms with Crippen LogP contribution in [0.5, 0.6) is 0 Å². The molecule has 0 aliphatic heterocycles. The van der Waals surface area contributed by atoms with Crippen molar-refractivity contribution >= 4 is 18.0 Å². The smallest absolute Gasteiger partial charge is 0.270 e. The summed E-state index contributed by atoms with van der Waals surface area (Å²) in [6.07, 6.45) is 11.0. The molecule has 9 heteroatoms. The monoisotopic (exact) mass is 488 g/mol. The molecule has 0 spiro atoms. The molecular formula is C27H29FN6O2. The number of carbonyl (C=O) groups excluding carboxylic acids is 2. The van der Waals surface area contributed by atoms with Crippen LogP contribution in [0.25, 0.3) is 0 Å². The zero-order valence-electron chi connectivity index (χ0n) is 20.5. The highest BCUT2D eigenvalue weighted by Gasteiger charge is 2.79. The number of halogens is 1. The van der Waals surface area contributed by atoms with Crippen molar-refractivity contribution in [1.29, 1.82) is 0 Å². The van der Waals surface area contributed by atoms with E-state index in [1.807, 2.05) is 6.08 Å². The van der Waals surface area contributed by atoms with E-state index >= 15 is 0 Å². The zero-order chi connectivity index (χ0) is 25.7. The van der Waals surface area contributed by atoms with Gasteiger partial charge < -0.3 is 16.5 Å². The Balaban J connectivity index is 1.28. The van der Waals surface area contributed by atoms with Gasteiger partial charge in [0.05, 0.1) is 6.21 Å². The van der Waals surface area contributed by atoms with E-state index in [4.69, 9.17) is 5.84 Å². The molecule has 3 aliphatic carbocycles. The number of hydrogen-bond donors (Lipinski definition) is 3. The predicted molar refractivity (Wildman–Crippen MR) is 133 cm³/mol. The Kier molecular flexibility index (Phi) is 5.54. The number of hydrogen-bond acceptors (Lipinski definition) is 6. The van der Waals surface area contributed by atoms with Crippen LogP contribution in [0, 0.1) is 29.0 Å². The minimum absolute atomic E-state index is 0.0289. The molecule has 186 valence electrons. The molecule has 5 rings (SSSR count). The first-order valence-electron chi connectivity index (χ1n) is 11.9. The SMILES string of the molecule is Cc1cc(CNC(=O)c2cc(C(=O)NC3CC(C)(C)C45C=C(/C=N/N)C=CC34C5)ncn2)ccc1F. The molecule has 0 saturated heterocycles. The van der Waals surface area contributed by atoms with Crippen LogP contribution in [0.3, 0.4) is 0 Å². The lowest BCUT2D eigenvalue weighted by Gasteiger charge is -2.30. The van der Waals surface area contributed by atoms with Gasteiger partial charge in [-0.15, -0.1) is 0 Å². The fourth-order valence-corrected chi connectivity index (χ4v) is 6.15. The first-order valence-corrected chi connectivity index (χ1v) is 11.9. The number of carbonyl (C=O) groups is 2. The molecule has 1 aromatic carbocycles. The number of hydrazone groups is 1. The van der Waals surface area contributed by atoms with Gasteiger partial charge in [-0.1, -0.05) is 44.2 Å². The predicted octanol–water partition coefficient (Wildman–Crippen LogP) is 3.20. The van der Waals surface area contributed by atoms with Gasteiger partial charge in [-0.05, 0) is 47.9 Å². The van der Waals surface area contributed by atoms with E-state index < -0.39 is 5.91 Å². The van der Waals surface area contributed by atoms with Crippen LogP contribution in [-0.2, 0) is 6.54 Å². The second-order valence-electron chi connectivity index (χ2n) is 10.6. The third kappa shape index (κ3) is 3.70. The number of nitrogens with two attached hydrogens (primary N) is 1.